The predicted molar refractivity (Wildman–Crippen MR) is 93.8 cm³/mol. The molecule has 23 heavy (non-hydrogen) atoms. The van der Waals surface area contributed by atoms with Gasteiger partial charge in [-0.25, -0.2) is 0 Å². The van der Waals surface area contributed by atoms with E-state index in [1.54, 1.807) is 0 Å². The lowest BCUT2D eigenvalue weighted by atomic mass is 9.69. The summed E-state index contributed by atoms with van der Waals surface area (Å²) >= 11 is 6.03. The number of nitrogens with zero attached hydrogens (tertiary/aromatic N) is 4. The van der Waals surface area contributed by atoms with Crippen LogP contribution >= 0.6 is 11.6 Å². The van der Waals surface area contributed by atoms with E-state index in [1.165, 1.54) is 11.0 Å². The second kappa shape index (κ2) is 5.20. The van der Waals surface area contributed by atoms with E-state index in [2.05, 4.69) is 35.9 Å². The van der Waals surface area contributed by atoms with Crippen molar-refractivity contribution in [3.05, 3.63) is 63.1 Å². The van der Waals surface area contributed by atoms with Gasteiger partial charge in [0.25, 0.3) is 0 Å². The number of aliphatic imine (C=N–C) groups is 1. The maximum absolute atomic E-state index is 6.03. The van der Waals surface area contributed by atoms with Crippen LogP contribution in [0, 0.1) is 6.92 Å². The molecule has 3 heterocycles. The van der Waals surface area contributed by atoms with Gasteiger partial charge < -0.3 is 0 Å². The maximum Gasteiger partial charge on any atom is 0.210 e. The van der Waals surface area contributed by atoms with Crippen molar-refractivity contribution in [1.82, 2.24) is 14.8 Å². The molecular weight excluding hydrogens is 306 g/mol. The topological polar surface area (TPSA) is 43.1 Å². The second-order valence-corrected chi connectivity index (χ2v) is 6.32. The predicted octanol–water partition coefficient (Wildman–Crippen LogP) is 3.42. The van der Waals surface area contributed by atoms with E-state index in [0.717, 1.165) is 39.1 Å². The summed E-state index contributed by atoms with van der Waals surface area (Å²) in [4.78, 5) is 4.84. The molecular formula is C17H15BClN4. The number of halogens is 1. The Balaban J connectivity index is 1.96. The molecule has 1 aromatic heterocycles. The fourth-order valence-electron chi connectivity index (χ4n) is 3.14. The summed E-state index contributed by atoms with van der Waals surface area (Å²) in [5.74, 6) is 1.76. The third kappa shape index (κ3) is 2.19. The van der Waals surface area contributed by atoms with Gasteiger partial charge in [0.1, 0.15) is 12.4 Å². The quantitative estimate of drug-likeness (QED) is 0.755. The molecule has 0 saturated heterocycles. The number of benzene rings is 1. The first-order valence-electron chi connectivity index (χ1n) is 7.55. The number of rotatable bonds is 1. The van der Waals surface area contributed by atoms with Crippen LogP contribution < -0.4 is 0 Å². The van der Waals surface area contributed by atoms with E-state index in [4.69, 9.17) is 16.6 Å². The van der Waals surface area contributed by atoms with Gasteiger partial charge in [0.15, 0.2) is 5.82 Å². The molecule has 6 heteroatoms. The van der Waals surface area contributed by atoms with E-state index in [9.17, 15) is 0 Å². The molecule has 4 nitrogen and oxygen atoms in total. The molecule has 1 radical (unpaired) electrons. The van der Waals surface area contributed by atoms with Gasteiger partial charge in [-0.05, 0) is 31.6 Å². The van der Waals surface area contributed by atoms with Crippen molar-refractivity contribution in [2.75, 3.05) is 0 Å². The smallest absolute Gasteiger partial charge is 0.210 e. The first-order chi connectivity index (χ1) is 11.1. The number of fused-ring (bicyclic) bond motifs is 2. The normalized spacial score (nSPS) is 16.8. The highest BCUT2D eigenvalue weighted by Gasteiger charge is 2.30. The second-order valence-electron chi connectivity index (χ2n) is 5.88. The molecule has 0 fully saturated rings. The van der Waals surface area contributed by atoms with Crippen molar-refractivity contribution in [2.45, 2.75) is 27.3 Å². The van der Waals surface area contributed by atoms with Gasteiger partial charge in [0, 0.05) is 16.2 Å². The van der Waals surface area contributed by atoms with Crippen LogP contribution in [-0.4, -0.2) is 27.8 Å². The van der Waals surface area contributed by atoms with Gasteiger partial charge >= 0.3 is 0 Å². The minimum absolute atomic E-state index is 0.520. The number of hydrogen-bond acceptors (Lipinski definition) is 3. The van der Waals surface area contributed by atoms with Crippen LogP contribution in [0.15, 0.2) is 45.9 Å². The summed E-state index contributed by atoms with van der Waals surface area (Å²) in [7, 11) is 2.20. The fourth-order valence-corrected chi connectivity index (χ4v) is 3.27. The number of hydrogen-bond donors (Lipinski definition) is 0. The Kier molecular flexibility index (Phi) is 3.27. The van der Waals surface area contributed by atoms with Crippen molar-refractivity contribution < 1.29 is 0 Å². The zero-order chi connectivity index (χ0) is 16.1. The lowest BCUT2D eigenvalue weighted by molar-refractivity contribution is 0.879. The first-order valence-corrected chi connectivity index (χ1v) is 7.93. The molecule has 0 unspecified atom stereocenters. The van der Waals surface area contributed by atoms with Crippen LogP contribution in [0.4, 0.5) is 0 Å². The Hall–Kier alpha value is -2.14. The van der Waals surface area contributed by atoms with Gasteiger partial charge in [-0.15, -0.1) is 10.2 Å². The van der Waals surface area contributed by atoms with Crippen LogP contribution in [0.5, 0.6) is 0 Å². The molecule has 2 aliphatic heterocycles. The fraction of sp³-hybridized carbons (Fsp3) is 0.235. The van der Waals surface area contributed by atoms with E-state index < -0.39 is 0 Å². The zero-order valence-electron chi connectivity index (χ0n) is 13.3. The summed E-state index contributed by atoms with van der Waals surface area (Å²) < 4.78 is 2.11. The Labute approximate surface area is 140 Å². The van der Waals surface area contributed by atoms with Crippen molar-refractivity contribution >= 4 is 30.2 Å². The van der Waals surface area contributed by atoms with E-state index in [0.29, 0.717) is 6.54 Å². The molecule has 0 N–H and O–H groups in total. The molecule has 0 amide bonds. The van der Waals surface area contributed by atoms with Crippen molar-refractivity contribution in [3.63, 3.8) is 0 Å². The molecule has 0 bridgehead atoms. The van der Waals surface area contributed by atoms with Gasteiger partial charge in [-0.1, -0.05) is 41.7 Å². The number of aryl methyl sites for hydroxylation is 1. The third-order valence-corrected chi connectivity index (χ3v) is 4.69. The zero-order valence-corrected chi connectivity index (χ0v) is 14.0. The van der Waals surface area contributed by atoms with Crippen molar-refractivity contribution in [2.24, 2.45) is 4.99 Å². The maximum atomic E-state index is 6.03. The summed E-state index contributed by atoms with van der Waals surface area (Å²) in [6, 6.07) is 7.85. The van der Waals surface area contributed by atoms with Crippen LogP contribution in [0.1, 0.15) is 31.1 Å². The number of allylic oxidation sites excluding steroid dienone is 3. The van der Waals surface area contributed by atoms with Gasteiger partial charge in [0.2, 0.25) is 7.28 Å². The highest BCUT2D eigenvalue weighted by molar-refractivity contribution is 6.69. The molecule has 1 aromatic carbocycles. The molecule has 2 aliphatic rings. The molecule has 0 aliphatic carbocycles. The summed E-state index contributed by atoms with van der Waals surface area (Å²) in [5, 5.41) is 9.22. The Morgan fingerprint density at radius 2 is 1.83 bits per heavy atom. The lowest BCUT2D eigenvalue weighted by Crippen LogP contribution is -2.11. The molecule has 2 aromatic rings. The standard InChI is InChI=1S/C17H15BClN4/c1-9-10(2)18-17-15(9)16(12-4-6-13(19)7-5-12)20-8-14-22-21-11(3)23(14)17/h4-7H,8H2,1-3H3. The average Bonchev–Trinajstić information content (AvgIpc) is 2.97. The van der Waals surface area contributed by atoms with Crippen molar-refractivity contribution in [3.8, 4) is 0 Å². The van der Waals surface area contributed by atoms with Crippen LogP contribution in [0.2, 0.25) is 5.02 Å². The van der Waals surface area contributed by atoms with Gasteiger partial charge in [-0.2, -0.15) is 0 Å². The monoisotopic (exact) mass is 321 g/mol. The Morgan fingerprint density at radius 3 is 2.57 bits per heavy atom. The molecule has 0 spiro atoms. The molecule has 0 saturated carbocycles. The van der Waals surface area contributed by atoms with E-state index >= 15 is 0 Å². The van der Waals surface area contributed by atoms with Gasteiger partial charge in [-0.3, -0.25) is 9.56 Å². The lowest BCUT2D eigenvalue weighted by Gasteiger charge is -2.13. The van der Waals surface area contributed by atoms with E-state index in [1.807, 2.05) is 31.2 Å². The largest absolute Gasteiger partial charge is 0.294 e. The van der Waals surface area contributed by atoms with Crippen LogP contribution in [-0.2, 0) is 6.54 Å². The minimum atomic E-state index is 0.520. The summed E-state index contributed by atoms with van der Waals surface area (Å²) in [6.07, 6.45) is 0. The summed E-state index contributed by atoms with van der Waals surface area (Å²) in [6.45, 7) is 6.77. The third-order valence-electron chi connectivity index (χ3n) is 4.44. The van der Waals surface area contributed by atoms with Gasteiger partial charge in [0.05, 0.1) is 5.71 Å². The van der Waals surface area contributed by atoms with Crippen LogP contribution in [0.3, 0.4) is 0 Å². The first kappa shape index (κ1) is 14.5. The molecule has 4 rings (SSSR count). The SMILES string of the molecule is CC1=C(C)C2=C([B]1)n1c(C)nnc1CN=C2c1ccc(Cl)cc1. The number of aromatic nitrogens is 3. The van der Waals surface area contributed by atoms with Crippen molar-refractivity contribution in [1.29, 1.82) is 0 Å². The Bertz CT molecular complexity index is 903. The summed E-state index contributed by atoms with van der Waals surface area (Å²) in [5.41, 5.74) is 6.83. The minimum Gasteiger partial charge on any atom is -0.294 e. The molecule has 0 atom stereocenters. The highest BCUT2D eigenvalue weighted by Crippen LogP contribution is 2.35. The van der Waals surface area contributed by atoms with Crippen LogP contribution in [0.25, 0.3) is 5.60 Å². The highest BCUT2D eigenvalue weighted by atomic mass is 35.5. The Morgan fingerprint density at radius 1 is 1.09 bits per heavy atom. The molecule has 113 valence electrons. The van der Waals surface area contributed by atoms with E-state index in [-0.39, 0.29) is 0 Å². The average molecular weight is 322 g/mol.